The molecule has 16 rings (SSSR count). The SMILES string of the molecule is CCc1cc2c(-c3ccc(-c4ccccc4)cc3)cccc2[cH-]1.CCc1cc2c(-c3ccc(-c4ccccc4)cc3)cccc2[cH-]1.CCc1cc2c(-c3ccc(-c4ccccc4)cc3)cccc2[cH-]1.CCc1cc2c(-c3ccc(-c4ccccc4)cc3)cccc2[cH-]1.C[Si](C)=[Zr+2].C[Si](C)=[Zr+2].[Cl-].[Cl-]. The van der Waals surface area contributed by atoms with E-state index in [1.807, 2.05) is 0 Å². The summed E-state index contributed by atoms with van der Waals surface area (Å²) in [5.41, 5.74) is 26.6. The first-order chi connectivity index (χ1) is 48.9. The molecular formula is C96H88Cl2Si2Zr2-2. The molecule has 0 aliphatic heterocycles. The molecule has 0 saturated heterocycles. The summed E-state index contributed by atoms with van der Waals surface area (Å²) in [6.45, 7) is 18.1. The van der Waals surface area contributed by atoms with Gasteiger partial charge in [-0.25, -0.2) is 0 Å². The summed E-state index contributed by atoms with van der Waals surface area (Å²) < 4.78 is 0. The maximum atomic E-state index is 2.33. The fourth-order valence-electron chi connectivity index (χ4n) is 12.9. The molecule has 0 bridgehead atoms. The molecular weight excluding hydrogens is 1460 g/mol. The van der Waals surface area contributed by atoms with E-state index in [2.05, 4.69) is 394 Å². The van der Waals surface area contributed by atoms with Gasteiger partial charge in [0.25, 0.3) is 0 Å². The van der Waals surface area contributed by atoms with E-state index in [9.17, 15) is 0 Å². The van der Waals surface area contributed by atoms with Crippen molar-refractivity contribution in [1.82, 2.24) is 0 Å². The number of hydrogen-bond donors (Lipinski definition) is 0. The number of halogens is 2. The van der Waals surface area contributed by atoms with E-state index in [1.165, 1.54) is 154 Å². The minimum absolute atomic E-state index is 0. The van der Waals surface area contributed by atoms with Crippen molar-refractivity contribution >= 4 is 54.0 Å². The average Bonchev–Trinajstić information content (AvgIpc) is 1.62. The average molecular weight is 1550 g/mol. The standard InChI is InChI=1S/4C23H19.2C2H6Si.2ClH.2Zr/c4*1-2-17-15-21-9-6-10-22(23(21)16-17)20-13-11-19(12-14-20)18-7-4-3-5-8-18;2*1-3-2;;;;/h4*3-16H,2H2,1H3;2*1-2H3;2*1H;;/q4*-1;;;;;2*+2/p-2. The zero-order valence-electron chi connectivity index (χ0n) is 59.9. The summed E-state index contributed by atoms with van der Waals surface area (Å²) in [7, 11) is 0. The van der Waals surface area contributed by atoms with Gasteiger partial charge in [0.15, 0.2) is 0 Å². The van der Waals surface area contributed by atoms with Gasteiger partial charge in [0, 0.05) is 0 Å². The summed E-state index contributed by atoms with van der Waals surface area (Å²) in [5.74, 6) is 0. The molecule has 0 unspecified atom stereocenters. The van der Waals surface area contributed by atoms with Gasteiger partial charge in [-0.15, -0.1) is 138 Å². The maximum Gasteiger partial charge on any atom is -1.00 e. The molecule has 0 spiro atoms. The van der Waals surface area contributed by atoms with Crippen LogP contribution in [0.5, 0.6) is 0 Å². The van der Waals surface area contributed by atoms with E-state index in [-0.39, 0.29) is 35.7 Å². The van der Waals surface area contributed by atoms with Crippen LogP contribution in [0.4, 0.5) is 0 Å². The van der Waals surface area contributed by atoms with Crippen molar-refractivity contribution in [2.75, 3.05) is 0 Å². The van der Waals surface area contributed by atoms with Gasteiger partial charge in [-0.3, -0.25) is 0 Å². The molecule has 102 heavy (non-hydrogen) atoms. The molecule has 0 heterocycles. The van der Waals surface area contributed by atoms with Gasteiger partial charge in [0.05, 0.1) is 0 Å². The third-order valence-corrected chi connectivity index (χ3v) is 18.1. The molecule has 0 radical (unpaired) electrons. The van der Waals surface area contributed by atoms with Crippen LogP contribution < -0.4 is 24.8 Å². The van der Waals surface area contributed by atoms with E-state index < -0.39 is 0 Å². The molecule has 0 saturated carbocycles. The first kappa shape index (κ1) is 78.0. The Kier molecular flexibility index (Phi) is 29.8. The summed E-state index contributed by atoms with van der Waals surface area (Å²) in [6, 6.07) is 123. The van der Waals surface area contributed by atoms with Crippen molar-refractivity contribution in [2.45, 2.75) is 79.6 Å². The molecule has 16 aromatic carbocycles. The Bertz CT molecular complexity index is 4590. The van der Waals surface area contributed by atoms with Crippen molar-refractivity contribution in [3.05, 3.63) is 362 Å². The third kappa shape index (κ3) is 20.6. The Balaban J connectivity index is 0.000000152. The van der Waals surface area contributed by atoms with Crippen LogP contribution in [0.3, 0.4) is 0 Å². The van der Waals surface area contributed by atoms with Gasteiger partial charge in [0.2, 0.25) is 0 Å². The zero-order valence-corrected chi connectivity index (χ0v) is 68.3. The number of rotatable bonds is 12. The molecule has 6 heteroatoms. The summed E-state index contributed by atoms with van der Waals surface area (Å²) in [5, 5.41) is 10.8. The minimum Gasteiger partial charge on any atom is -1.00 e. The topological polar surface area (TPSA) is 0 Å². The molecule has 0 fully saturated rings. The van der Waals surface area contributed by atoms with Crippen LogP contribution in [0.15, 0.2) is 340 Å². The van der Waals surface area contributed by atoms with Crippen LogP contribution in [0.2, 0.25) is 26.2 Å². The Hall–Kier alpha value is -8.14. The maximum absolute atomic E-state index is 2.33. The number of aryl methyl sites for hydroxylation is 4. The molecule has 504 valence electrons. The number of hydrogen-bond acceptors (Lipinski definition) is 0. The van der Waals surface area contributed by atoms with Gasteiger partial charge in [-0.2, -0.15) is 24.3 Å². The molecule has 0 amide bonds. The predicted molar refractivity (Wildman–Crippen MR) is 434 cm³/mol. The molecule has 0 aliphatic rings. The largest absolute Gasteiger partial charge is 1.00 e. The fraction of sp³-hybridized carbons (Fsp3) is 0.125. The minimum atomic E-state index is 0. The van der Waals surface area contributed by atoms with Gasteiger partial charge < -0.3 is 24.8 Å². The van der Waals surface area contributed by atoms with Crippen molar-refractivity contribution in [2.24, 2.45) is 0 Å². The van der Waals surface area contributed by atoms with Crippen molar-refractivity contribution < 1.29 is 71.5 Å². The van der Waals surface area contributed by atoms with Gasteiger partial charge in [-0.05, 0) is 92.4 Å². The van der Waals surface area contributed by atoms with Crippen LogP contribution in [0, 0.1) is 0 Å². The van der Waals surface area contributed by atoms with Crippen molar-refractivity contribution in [3.8, 4) is 89.0 Å². The first-order valence-corrected chi connectivity index (χ1v) is 47.6. The third-order valence-electron chi connectivity index (χ3n) is 18.1. The molecule has 0 nitrogen and oxygen atoms in total. The van der Waals surface area contributed by atoms with Gasteiger partial charge in [0.1, 0.15) is 0 Å². The summed E-state index contributed by atoms with van der Waals surface area (Å²) >= 11 is 3.48. The van der Waals surface area contributed by atoms with Crippen molar-refractivity contribution in [3.63, 3.8) is 0 Å². The van der Waals surface area contributed by atoms with Crippen LogP contribution in [-0.4, -0.2) is 10.9 Å². The van der Waals surface area contributed by atoms with Crippen molar-refractivity contribution in [1.29, 1.82) is 0 Å². The van der Waals surface area contributed by atoms with E-state index in [0.717, 1.165) is 25.7 Å². The van der Waals surface area contributed by atoms with E-state index in [0.29, 0.717) is 0 Å². The Morgan fingerprint density at radius 1 is 0.216 bits per heavy atom. The summed E-state index contributed by atoms with van der Waals surface area (Å²) in [6.07, 6.45) is 4.34. The van der Waals surface area contributed by atoms with Crippen LogP contribution in [0.1, 0.15) is 49.9 Å². The molecule has 0 aliphatic carbocycles. The van der Waals surface area contributed by atoms with E-state index in [4.69, 9.17) is 0 Å². The fourth-order valence-corrected chi connectivity index (χ4v) is 12.9. The smallest absolute Gasteiger partial charge is 1.00 e. The van der Waals surface area contributed by atoms with E-state index >= 15 is 0 Å². The molecule has 0 aromatic heterocycles. The second-order valence-corrected chi connectivity index (χ2v) is 44.6. The molecule has 16 aromatic rings. The Morgan fingerprint density at radius 3 is 0.539 bits per heavy atom. The van der Waals surface area contributed by atoms with Gasteiger partial charge in [-0.1, -0.05) is 293 Å². The first-order valence-electron chi connectivity index (χ1n) is 35.3. The van der Waals surface area contributed by atoms with E-state index in [1.54, 1.807) is 46.7 Å². The number of benzene rings is 12. The second kappa shape index (κ2) is 38.9. The zero-order chi connectivity index (χ0) is 69.7. The second-order valence-electron chi connectivity index (χ2n) is 25.9. The Morgan fingerprint density at radius 2 is 0.373 bits per heavy atom. The predicted octanol–water partition coefficient (Wildman–Crippen LogP) is 21.4. The van der Waals surface area contributed by atoms with Crippen LogP contribution in [0.25, 0.3) is 132 Å². The Labute approximate surface area is 649 Å². The normalized spacial score (nSPS) is 10.5. The summed E-state index contributed by atoms with van der Waals surface area (Å²) in [4.78, 5) is 0. The van der Waals surface area contributed by atoms with Crippen LogP contribution >= 0.6 is 0 Å². The van der Waals surface area contributed by atoms with Crippen LogP contribution in [-0.2, 0) is 72.4 Å². The molecule has 0 atom stereocenters. The monoisotopic (exact) mass is 1550 g/mol. The van der Waals surface area contributed by atoms with Gasteiger partial charge >= 0.3 is 83.7 Å². The quantitative estimate of drug-likeness (QED) is 0.0845. The number of fused-ring (bicyclic) bond motifs is 4. The molecule has 0 N–H and O–H groups in total.